The molecule has 3 rings (SSSR count). The number of carbonyl (C=O) groups is 2. The Bertz CT molecular complexity index is 883. The summed E-state index contributed by atoms with van der Waals surface area (Å²) in [5, 5.41) is 0.426. The Kier molecular flexibility index (Phi) is 6.64. The lowest BCUT2D eigenvalue weighted by molar-refractivity contribution is 0.00198. The van der Waals surface area contributed by atoms with E-state index >= 15 is 0 Å². The van der Waals surface area contributed by atoms with Crippen LogP contribution in [0.1, 0.15) is 65.7 Å². The zero-order valence-corrected chi connectivity index (χ0v) is 21.1. The van der Waals surface area contributed by atoms with E-state index in [1.54, 1.807) is 28.0 Å². The smallest absolute Gasteiger partial charge is 0.444 e. The fourth-order valence-corrected chi connectivity index (χ4v) is 4.01. The molecule has 2 saturated heterocycles. The van der Waals surface area contributed by atoms with Crippen LogP contribution in [0.2, 0.25) is 5.02 Å². The van der Waals surface area contributed by atoms with Gasteiger partial charge in [0, 0.05) is 41.7 Å². The zero-order valence-electron chi connectivity index (χ0n) is 20.3. The maximum absolute atomic E-state index is 13.1. The highest BCUT2D eigenvalue weighted by Crippen LogP contribution is 2.37. The molecular weight excluding hydrogens is 431 g/mol. The molecule has 2 heterocycles. The van der Waals surface area contributed by atoms with Crippen molar-refractivity contribution in [1.29, 1.82) is 0 Å². The molecule has 2 amide bonds. The number of piperazine rings is 1. The van der Waals surface area contributed by atoms with Crippen molar-refractivity contribution in [2.75, 3.05) is 19.6 Å². The molecule has 2 aliphatic heterocycles. The maximum atomic E-state index is 13.1. The molecule has 0 N–H and O–H groups in total. The number of nitrogens with zero attached hydrogens (tertiary/aromatic N) is 2. The Hall–Kier alpha value is -1.77. The molecule has 0 aromatic heterocycles. The van der Waals surface area contributed by atoms with Crippen LogP contribution in [-0.2, 0) is 14.0 Å². The summed E-state index contributed by atoms with van der Waals surface area (Å²) in [6.07, 6.45) is -0.355. The van der Waals surface area contributed by atoms with Crippen LogP contribution in [0.5, 0.6) is 0 Å². The van der Waals surface area contributed by atoms with Gasteiger partial charge in [-0.2, -0.15) is 0 Å². The summed E-state index contributed by atoms with van der Waals surface area (Å²) in [4.78, 5) is 29.0. The van der Waals surface area contributed by atoms with Crippen molar-refractivity contribution in [3.8, 4) is 0 Å². The third-order valence-electron chi connectivity index (χ3n) is 6.30. The van der Waals surface area contributed by atoms with E-state index in [0.29, 0.717) is 35.7 Å². The third kappa shape index (κ3) is 5.08. The van der Waals surface area contributed by atoms with Crippen LogP contribution in [0.15, 0.2) is 18.2 Å². The summed E-state index contributed by atoms with van der Waals surface area (Å²) >= 11 is 6.53. The minimum Gasteiger partial charge on any atom is -0.444 e. The van der Waals surface area contributed by atoms with Crippen molar-refractivity contribution >= 4 is 36.2 Å². The largest absolute Gasteiger partial charge is 0.496 e. The third-order valence-corrected chi connectivity index (χ3v) is 6.62. The Balaban J connectivity index is 1.68. The second-order valence-corrected chi connectivity index (χ2v) is 11.0. The van der Waals surface area contributed by atoms with Gasteiger partial charge in [-0.3, -0.25) is 4.79 Å². The Labute approximate surface area is 196 Å². The maximum Gasteiger partial charge on any atom is 0.496 e. The average molecular weight is 465 g/mol. The lowest BCUT2D eigenvalue weighted by Crippen LogP contribution is -2.56. The summed E-state index contributed by atoms with van der Waals surface area (Å²) in [6.45, 7) is 16.6. The SMILES string of the molecule is C[C@H]1CN(C(=O)c2ccc(B3OC(C)(C)C(C)(C)O3)c(Cl)c2)CCN1C(=O)OC(C)(C)C. The molecule has 1 atom stereocenters. The lowest BCUT2D eigenvalue weighted by atomic mass is 9.78. The number of hydrogen-bond donors (Lipinski definition) is 0. The molecule has 1 aromatic rings. The summed E-state index contributed by atoms with van der Waals surface area (Å²) in [5.41, 5.74) is -0.309. The minimum atomic E-state index is -0.589. The Morgan fingerprint density at radius 2 is 1.72 bits per heavy atom. The highest BCUT2D eigenvalue weighted by Gasteiger charge is 2.52. The van der Waals surface area contributed by atoms with Crippen LogP contribution in [0.25, 0.3) is 0 Å². The molecule has 176 valence electrons. The second kappa shape index (κ2) is 8.54. The molecule has 0 unspecified atom stereocenters. The normalized spacial score (nSPS) is 22.8. The van der Waals surface area contributed by atoms with E-state index in [4.69, 9.17) is 25.6 Å². The van der Waals surface area contributed by atoms with Crippen LogP contribution in [0.3, 0.4) is 0 Å². The second-order valence-electron chi connectivity index (χ2n) is 10.6. The first-order chi connectivity index (χ1) is 14.6. The molecule has 7 nitrogen and oxygen atoms in total. The van der Waals surface area contributed by atoms with E-state index in [-0.39, 0.29) is 18.0 Å². The number of ether oxygens (including phenoxy) is 1. The number of halogens is 1. The zero-order chi connectivity index (χ0) is 24.1. The molecule has 0 bridgehead atoms. The number of amides is 2. The van der Waals surface area contributed by atoms with Crippen LogP contribution in [0, 0.1) is 0 Å². The van der Waals surface area contributed by atoms with Gasteiger partial charge in [0.2, 0.25) is 0 Å². The molecule has 0 radical (unpaired) electrons. The summed E-state index contributed by atoms with van der Waals surface area (Å²) < 4.78 is 17.6. The minimum absolute atomic E-state index is 0.122. The van der Waals surface area contributed by atoms with Gasteiger partial charge in [-0.1, -0.05) is 17.7 Å². The Morgan fingerprint density at radius 3 is 2.22 bits per heavy atom. The van der Waals surface area contributed by atoms with Gasteiger partial charge in [0.1, 0.15) is 5.60 Å². The van der Waals surface area contributed by atoms with E-state index in [1.807, 2.05) is 55.4 Å². The van der Waals surface area contributed by atoms with Gasteiger partial charge in [0.25, 0.3) is 5.91 Å². The van der Waals surface area contributed by atoms with Gasteiger partial charge >= 0.3 is 13.2 Å². The standard InChI is InChI=1S/C23H34BClN2O5/c1-15-14-26(11-12-27(15)20(29)30-21(2,3)4)19(28)16-9-10-17(18(25)13-16)24-31-22(5,6)23(7,8)32-24/h9-10,13,15H,11-12,14H2,1-8H3/t15-/m0/s1. The number of benzene rings is 1. The van der Waals surface area contributed by atoms with Crippen molar-refractivity contribution in [2.24, 2.45) is 0 Å². The molecule has 1 aromatic carbocycles. The highest BCUT2D eigenvalue weighted by atomic mass is 35.5. The van der Waals surface area contributed by atoms with Crippen molar-refractivity contribution in [3.63, 3.8) is 0 Å². The van der Waals surface area contributed by atoms with Crippen LogP contribution in [0.4, 0.5) is 4.79 Å². The van der Waals surface area contributed by atoms with Gasteiger partial charge in [-0.05, 0) is 67.5 Å². The first kappa shape index (κ1) is 24.9. The highest BCUT2D eigenvalue weighted by molar-refractivity contribution is 6.65. The molecule has 0 aliphatic carbocycles. The fourth-order valence-electron chi connectivity index (χ4n) is 3.74. The van der Waals surface area contributed by atoms with E-state index in [2.05, 4.69) is 0 Å². The number of hydrogen-bond acceptors (Lipinski definition) is 5. The predicted molar refractivity (Wildman–Crippen MR) is 125 cm³/mol. The molecule has 0 spiro atoms. The number of rotatable bonds is 2. The molecular formula is C23H34BClN2O5. The van der Waals surface area contributed by atoms with Gasteiger partial charge in [0.15, 0.2) is 0 Å². The van der Waals surface area contributed by atoms with E-state index in [1.165, 1.54) is 0 Å². The quantitative estimate of drug-likeness (QED) is 0.624. The van der Waals surface area contributed by atoms with Crippen molar-refractivity contribution in [2.45, 2.75) is 78.2 Å². The van der Waals surface area contributed by atoms with Gasteiger partial charge in [-0.15, -0.1) is 0 Å². The Morgan fingerprint density at radius 1 is 1.12 bits per heavy atom. The van der Waals surface area contributed by atoms with Crippen LogP contribution in [-0.4, -0.2) is 71.4 Å². The van der Waals surface area contributed by atoms with Gasteiger partial charge in [0.05, 0.1) is 11.2 Å². The monoisotopic (exact) mass is 464 g/mol. The first-order valence-electron chi connectivity index (χ1n) is 11.1. The molecule has 32 heavy (non-hydrogen) atoms. The van der Waals surface area contributed by atoms with E-state index in [0.717, 1.165) is 0 Å². The predicted octanol–water partition coefficient (Wildman–Crippen LogP) is 3.72. The van der Waals surface area contributed by atoms with Crippen LogP contribution < -0.4 is 5.46 Å². The van der Waals surface area contributed by atoms with Gasteiger partial charge in [-0.25, -0.2) is 4.79 Å². The summed E-state index contributed by atoms with van der Waals surface area (Å²) in [7, 11) is -0.589. The average Bonchev–Trinajstić information content (AvgIpc) is 2.86. The fraction of sp³-hybridized carbons (Fsp3) is 0.652. The first-order valence-corrected chi connectivity index (χ1v) is 11.4. The van der Waals surface area contributed by atoms with E-state index in [9.17, 15) is 9.59 Å². The topological polar surface area (TPSA) is 68.3 Å². The van der Waals surface area contributed by atoms with Gasteiger partial charge < -0.3 is 23.8 Å². The van der Waals surface area contributed by atoms with Crippen molar-refractivity contribution in [3.05, 3.63) is 28.8 Å². The molecule has 2 aliphatic rings. The molecule has 0 saturated carbocycles. The van der Waals surface area contributed by atoms with Crippen molar-refractivity contribution in [1.82, 2.24) is 9.80 Å². The molecule has 2 fully saturated rings. The summed E-state index contributed by atoms with van der Waals surface area (Å²) in [6, 6.07) is 5.05. The summed E-state index contributed by atoms with van der Waals surface area (Å²) in [5.74, 6) is -0.122. The van der Waals surface area contributed by atoms with E-state index < -0.39 is 23.9 Å². The number of carbonyl (C=O) groups excluding carboxylic acids is 2. The lowest BCUT2D eigenvalue weighted by Gasteiger charge is -2.40. The van der Waals surface area contributed by atoms with Crippen molar-refractivity contribution < 1.29 is 23.6 Å². The molecule has 9 heteroatoms. The van der Waals surface area contributed by atoms with Crippen LogP contribution >= 0.6 is 11.6 Å².